The van der Waals surface area contributed by atoms with Gasteiger partial charge in [-0.05, 0) is 42.8 Å². The van der Waals surface area contributed by atoms with E-state index in [0.29, 0.717) is 22.7 Å². The number of fused-ring (bicyclic) bond motifs is 3. The van der Waals surface area contributed by atoms with Crippen molar-refractivity contribution in [3.8, 4) is 0 Å². The van der Waals surface area contributed by atoms with Crippen molar-refractivity contribution in [3.05, 3.63) is 59.7 Å². The van der Waals surface area contributed by atoms with Crippen molar-refractivity contribution in [1.29, 1.82) is 0 Å². The van der Waals surface area contributed by atoms with E-state index in [1.807, 2.05) is 18.2 Å². The van der Waals surface area contributed by atoms with E-state index in [2.05, 4.69) is 16.0 Å². The second-order valence-corrected chi connectivity index (χ2v) is 8.59. The van der Waals surface area contributed by atoms with Gasteiger partial charge < -0.3 is 20.9 Å². The Balaban J connectivity index is 1.36. The molecule has 0 spiro atoms. The van der Waals surface area contributed by atoms with Crippen molar-refractivity contribution in [2.75, 3.05) is 16.4 Å². The van der Waals surface area contributed by atoms with Crippen LogP contribution in [0.3, 0.4) is 0 Å². The van der Waals surface area contributed by atoms with Crippen LogP contribution < -0.4 is 16.0 Å². The van der Waals surface area contributed by atoms with Gasteiger partial charge in [0, 0.05) is 29.6 Å². The van der Waals surface area contributed by atoms with Crippen LogP contribution in [0.1, 0.15) is 35.1 Å². The average molecular weight is 439 g/mol. The molecule has 31 heavy (non-hydrogen) atoms. The molecule has 4 rings (SSSR count). The number of hydrogen-bond donors (Lipinski definition) is 3. The molecule has 0 saturated carbocycles. The molecular weight excluding hydrogens is 416 g/mol. The van der Waals surface area contributed by atoms with Crippen molar-refractivity contribution >= 4 is 46.8 Å². The number of carbonyl (C=O) groups is 4. The van der Waals surface area contributed by atoms with Gasteiger partial charge in [-0.3, -0.25) is 19.2 Å². The summed E-state index contributed by atoms with van der Waals surface area (Å²) in [5.74, 6) is -0.573. The maximum atomic E-state index is 12.9. The van der Waals surface area contributed by atoms with E-state index in [0.717, 1.165) is 5.56 Å². The zero-order chi connectivity index (χ0) is 22.1. The summed E-state index contributed by atoms with van der Waals surface area (Å²) in [5, 5.41) is 7.95. The molecule has 3 N–H and O–H groups in total. The second kappa shape index (κ2) is 8.43. The number of nitrogens with zero attached hydrogens (tertiary/aromatic N) is 1. The summed E-state index contributed by atoms with van der Waals surface area (Å²) >= 11 is 1.55. The van der Waals surface area contributed by atoms with Crippen LogP contribution in [0.5, 0.6) is 0 Å². The summed E-state index contributed by atoms with van der Waals surface area (Å²) in [5.41, 5.74) is 2.73. The minimum Gasteiger partial charge on any atom is -0.343 e. The number of benzene rings is 2. The van der Waals surface area contributed by atoms with E-state index >= 15 is 0 Å². The molecule has 0 radical (unpaired) electrons. The Hall–Kier alpha value is -3.33. The maximum Gasteiger partial charge on any atom is 0.256 e. The Morgan fingerprint density at radius 2 is 1.68 bits per heavy atom. The van der Waals surface area contributed by atoms with Gasteiger partial charge in [-0.1, -0.05) is 18.2 Å². The summed E-state index contributed by atoms with van der Waals surface area (Å²) in [6.07, 6.45) is 0. The van der Waals surface area contributed by atoms with Crippen molar-refractivity contribution in [2.24, 2.45) is 0 Å². The summed E-state index contributed by atoms with van der Waals surface area (Å²) in [7, 11) is 0. The highest BCUT2D eigenvalue weighted by molar-refractivity contribution is 7.99. The van der Waals surface area contributed by atoms with Crippen molar-refractivity contribution in [2.45, 2.75) is 31.3 Å². The van der Waals surface area contributed by atoms with Crippen molar-refractivity contribution in [1.82, 2.24) is 10.2 Å². The number of carbonyl (C=O) groups excluding carboxylic acids is 4. The van der Waals surface area contributed by atoms with Crippen LogP contribution >= 0.6 is 11.8 Å². The van der Waals surface area contributed by atoms with E-state index in [1.54, 1.807) is 53.9 Å². The molecule has 3 unspecified atom stereocenters. The number of rotatable bonds is 5. The van der Waals surface area contributed by atoms with Gasteiger partial charge in [-0.25, -0.2) is 0 Å². The molecule has 1 saturated heterocycles. The highest BCUT2D eigenvalue weighted by atomic mass is 32.2. The highest BCUT2D eigenvalue weighted by Gasteiger charge is 2.48. The molecule has 1 fully saturated rings. The predicted molar refractivity (Wildman–Crippen MR) is 119 cm³/mol. The first-order chi connectivity index (χ1) is 14.8. The van der Waals surface area contributed by atoms with Gasteiger partial charge in [0.15, 0.2) is 0 Å². The van der Waals surface area contributed by atoms with Crippen LogP contribution in [0.2, 0.25) is 0 Å². The van der Waals surface area contributed by atoms with E-state index in [9.17, 15) is 19.2 Å². The van der Waals surface area contributed by atoms with Crippen molar-refractivity contribution < 1.29 is 19.2 Å². The van der Waals surface area contributed by atoms with Crippen LogP contribution in [0.25, 0.3) is 0 Å². The molecule has 3 atom stereocenters. The molecule has 0 bridgehead atoms. The lowest BCUT2D eigenvalue weighted by atomic mass is 10.1. The molecule has 0 aliphatic carbocycles. The molecule has 2 heterocycles. The number of hydrogen-bond acceptors (Lipinski definition) is 5. The summed E-state index contributed by atoms with van der Waals surface area (Å²) in [6, 6.07) is 12.7. The monoisotopic (exact) mass is 438 g/mol. The molecule has 9 heteroatoms. The standard InChI is InChI=1S/C22H22N4O4S/c1-12(19(28)25-15-9-7-14(8-10-15)24-13(2)27)23-20(29)18-11-31-22-17-6-4-3-5-16(17)21(30)26(18)22/h3-10,12,18,22H,11H2,1-2H3,(H,23,29)(H,24,27)(H,25,28). The topological polar surface area (TPSA) is 108 Å². The number of anilines is 2. The van der Waals surface area contributed by atoms with Crippen molar-refractivity contribution in [3.63, 3.8) is 0 Å². The average Bonchev–Trinajstić information content (AvgIpc) is 3.29. The minimum absolute atomic E-state index is 0.151. The van der Waals surface area contributed by atoms with Gasteiger partial charge in [-0.2, -0.15) is 0 Å². The molecule has 4 amide bonds. The Kier molecular flexibility index (Phi) is 5.69. The van der Waals surface area contributed by atoms with Gasteiger partial charge >= 0.3 is 0 Å². The third-order valence-electron chi connectivity index (χ3n) is 5.22. The predicted octanol–water partition coefficient (Wildman–Crippen LogP) is 2.36. The first-order valence-electron chi connectivity index (χ1n) is 9.87. The van der Waals surface area contributed by atoms with Gasteiger partial charge in [0.1, 0.15) is 17.5 Å². The van der Waals surface area contributed by atoms with E-state index in [1.165, 1.54) is 6.92 Å². The zero-order valence-corrected chi connectivity index (χ0v) is 17.9. The number of thioether (sulfide) groups is 1. The smallest absolute Gasteiger partial charge is 0.256 e. The molecule has 2 aliphatic heterocycles. The normalized spacial score (nSPS) is 19.9. The van der Waals surface area contributed by atoms with Crippen LogP contribution in [-0.4, -0.2) is 46.4 Å². The highest BCUT2D eigenvalue weighted by Crippen LogP contribution is 2.48. The Morgan fingerprint density at radius 3 is 2.35 bits per heavy atom. The molecule has 2 aliphatic rings. The fraction of sp³-hybridized carbons (Fsp3) is 0.273. The van der Waals surface area contributed by atoms with Gasteiger partial charge in [0.05, 0.1) is 0 Å². The first kappa shape index (κ1) is 20.9. The fourth-order valence-corrected chi connectivity index (χ4v) is 5.17. The molecule has 2 aromatic rings. The largest absolute Gasteiger partial charge is 0.343 e. The van der Waals surface area contributed by atoms with Crippen LogP contribution in [0.4, 0.5) is 11.4 Å². The molecule has 8 nitrogen and oxygen atoms in total. The lowest BCUT2D eigenvalue weighted by molar-refractivity contribution is -0.128. The zero-order valence-electron chi connectivity index (χ0n) is 17.0. The third kappa shape index (κ3) is 4.13. The number of nitrogens with one attached hydrogen (secondary N) is 3. The van der Waals surface area contributed by atoms with E-state index in [-0.39, 0.29) is 29.0 Å². The summed E-state index contributed by atoms with van der Waals surface area (Å²) < 4.78 is 0. The van der Waals surface area contributed by atoms with Crippen LogP contribution in [0.15, 0.2) is 48.5 Å². The number of amides is 4. The van der Waals surface area contributed by atoms with Gasteiger partial charge in [-0.15, -0.1) is 11.8 Å². The van der Waals surface area contributed by atoms with Gasteiger partial charge in [0.2, 0.25) is 17.7 Å². The summed E-state index contributed by atoms with van der Waals surface area (Å²) in [4.78, 5) is 50.8. The Labute approximate surface area is 183 Å². The van der Waals surface area contributed by atoms with E-state index < -0.39 is 12.1 Å². The third-order valence-corrected chi connectivity index (χ3v) is 6.52. The lowest BCUT2D eigenvalue weighted by Crippen LogP contribution is -2.51. The van der Waals surface area contributed by atoms with Gasteiger partial charge in [0.25, 0.3) is 5.91 Å². The second-order valence-electron chi connectivity index (χ2n) is 7.48. The fourth-order valence-electron chi connectivity index (χ4n) is 3.71. The minimum atomic E-state index is -0.786. The first-order valence-corrected chi connectivity index (χ1v) is 10.9. The molecule has 160 valence electrons. The Bertz CT molecular complexity index is 1060. The van der Waals surface area contributed by atoms with Crippen LogP contribution in [-0.2, 0) is 14.4 Å². The molecular formula is C22H22N4O4S. The van der Waals surface area contributed by atoms with E-state index in [4.69, 9.17) is 0 Å². The quantitative estimate of drug-likeness (QED) is 0.664. The molecule has 2 aromatic carbocycles. The summed E-state index contributed by atoms with van der Waals surface area (Å²) in [6.45, 7) is 3.01. The SMILES string of the molecule is CC(=O)Nc1ccc(NC(=O)C(C)NC(=O)C2CSC3c4ccccc4C(=O)N23)cc1. The Morgan fingerprint density at radius 1 is 1.03 bits per heavy atom. The molecule has 0 aromatic heterocycles. The lowest BCUT2D eigenvalue weighted by Gasteiger charge is -2.24. The van der Waals surface area contributed by atoms with Crippen LogP contribution in [0, 0.1) is 0 Å². The maximum absolute atomic E-state index is 12.9.